The molecule has 0 radical (unpaired) electrons. The molecule has 0 aliphatic heterocycles. The van der Waals surface area contributed by atoms with Crippen LogP contribution in [0, 0.1) is 0 Å². The number of nitrogens with zero attached hydrogens (tertiary/aromatic N) is 5. The Bertz CT molecular complexity index is 1640. The van der Waals surface area contributed by atoms with Crippen molar-refractivity contribution in [1.82, 2.24) is 30.0 Å². The quantitative estimate of drug-likeness (QED) is 0.148. The zero-order valence-corrected chi connectivity index (χ0v) is 24.4. The standard InChI is InChI=1S/C26H25ClF3N8O4P/c1-31-24(40)21-19(7-6-17(34-21)15-11-33-38(22(15)27)8-3-9-39)35-23-16(26(28,29)30)12-32-25(37-23)36-18-5-4-14(13-43-41)10-20(18)42-2/h4-7,10-12,39H,3,8-9,13H2,1-2H3,(H,31,40)(H2,32,35,36,37). The molecule has 3 aromatic heterocycles. The van der Waals surface area contributed by atoms with Crippen LogP contribution < -0.4 is 20.7 Å². The smallest absolute Gasteiger partial charge is 0.421 e. The Morgan fingerprint density at radius 1 is 1.14 bits per heavy atom. The predicted octanol–water partition coefficient (Wildman–Crippen LogP) is 5.44. The van der Waals surface area contributed by atoms with E-state index in [1.54, 1.807) is 18.2 Å². The third-order valence-electron chi connectivity index (χ3n) is 6.02. The molecule has 0 saturated heterocycles. The number of rotatable bonds is 12. The number of pyridine rings is 1. The normalized spacial score (nSPS) is 11.4. The second-order valence-corrected chi connectivity index (χ2v) is 9.78. The van der Waals surface area contributed by atoms with Crippen molar-refractivity contribution in [2.24, 2.45) is 0 Å². The number of halogens is 4. The van der Waals surface area contributed by atoms with Crippen molar-refractivity contribution in [2.45, 2.75) is 25.3 Å². The Hall–Kier alpha value is -4.33. The van der Waals surface area contributed by atoms with Crippen molar-refractivity contribution in [3.8, 4) is 17.0 Å². The summed E-state index contributed by atoms with van der Waals surface area (Å²) in [5.74, 6) is -1.19. The second-order valence-electron chi connectivity index (χ2n) is 8.85. The molecule has 1 amide bonds. The number of nitrogens with one attached hydrogen (secondary N) is 3. The van der Waals surface area contributed by atoms with Gasteiger partial charge in [0.05, 0.1) is 42.1 Å². The number of ether oxygens (including phenoxy) is 1. The summed E-state index contributed by atoms with van der Waals surface area (Å²) in [7, 11) is 2.67. The van der Waals surface area contributed by atoms with Crippen LogP contribution in [-0.4, -0.2) is 56.5 Å². The van der Waals surface area contributed by atoms with Crippen molar-refractivity contribution >= 4 is 49.1 Å². The number of aliphatic hydroxyl groups is 1. The molecule has 0 saturated carbocycles. The molecule has 0 aliphatic carbocycles. The van der Waals surface area contributed by atoms with Crippen molar-refractivity contribution in [2.75, 3.05) is 31.4 Å². The number of hydrogen-bond donors (Lipinski definition) is 4. The number of carbonyl (C=O) groups excluding carboxylic acids is 1. The van der Waals surface area contributed by atoms with Crippen LogP contribution >= 0.6 is 20.1 Å². The maximum atomic E-state index is 14.0. The van der Waals surface area contributed by atoms with E-state index in [0.717, 1.165) is 0 Å². The SMILES string of the molecule is CNC(=O)c1nc(-c2cnn(CCCO)c2Cl)ccc1Nc1nc(Nc2ccc(CP=O)cc2OC)ncc1C(F)(F)F. The van der Waals surface area contributed by atoms with E-state index in [4.69, 9.17) is 21.4 Å². The molecule has 43 heavy (non-hydrogen) atoms. The van der Waals surface area contributed by atoms with E-state index in [1.807, 2.05) is 0 Å². The van der Waals surface area contributed by atoms with E-state index >= 15 is 0 Å². The molecule has 0 atom stereocenters. The fourth-order valence-electron chi connectivity index (χ4n) is 3.92. The topological polar surface area (TPSA) is 156 Å². The van der Waals surface area contributed by atoms with E-state index in [2.05, 4.69) is 36.0 Å². The van der Waals surface area contributed by atoms with Crippen molar-refractivity contribution in [3.05, 3.63) is 64.7 Å². The van der Waals surface area contributed by atoms with Gasteiger partial charge in [-0.05, 0) is 36.2 Å². The average Bonchev–Trinajstić information content (AvgIpc) is 3.36. The number of amides is 1. The van der Waals surface area contributed by atoms with Crippen molar-refractivity contribution < 1.29 is 32.4 Å². The fraction of sp³-hybridized carbons (Fsp3) is 0.269. The second kappa shape index (κ2) is 13.8. The molecule has 4 N–H and O–H groups in total. The van der Waals surface area contributed by atoms with Crippen molar-refractivity contribution in [1.29, 1.82) is 0 Å². The first kappa shape index (κ1) is 31.6. The van der Waals surface area contributed by atoms with Gasteiger partial charge in [0.25, 0.3) is 5.91 Å². The van der Waals surface area contributed by atoms with Gasteiger partial charge < -0.3 is 25.8 Å². The van der Waals surface area contributed by atoms with Gasteiger partial charge in [-0.2, -0.15) is 23.3 Å². The summed E-state index contributed by atoms with van der Waals surface area (Å²) in [5.41, 5.74) is 0.221. The number of methoxy groups -OCH3 is 1. The van der Waals surface area contributed by atoms with E-state index in [-0.39, 0.29) is 49.4 Å². The number of benzene rings is 1. The first-order valence-electron chi connectivity index (χ1n) is 12.6. The third kappa shape index (κ3) is 7.37. The molecule has 4 aromatic rings. The van der Waals surface area contributed by atoms with Gasteiger partial charge in [-0.3, -0.25) is 14.0 Å². The Morgan fingerprint density at radius 2 is 1.91 bits per heavy atom. The van der Waals surface area contributed by atoms with Crippen LogP contribution in [0.15, 0.2) is 42.7 Å². The first-order valence-corrected chi connectivity index (χ1v) is 14.0. The van der Waals surface area contributed by atoms with Gasteiger partial charge in [-0.15, -0.1) is 0 Å². The monoisotopic (exact) mass is 636 g/mol. The Balaban J connectivity index is 1.72. The minimum absolute atomic E-state index is 0.0622. The Kier molecular flexibility index (Phi) is 10.1. The van der Waals surface area contributed by atoms with Gasteiger partial charge in [0.15, 0.2) is 14.2 Å². The van der Waals surface area contributed by atoms with Gasteiger partial charge in [-0.1, -0.05) is 17.7 Å². The van der Waals surface area contributed by atoms with Gasteiger partial charge in [0.1, 0.15) is 22.3 Å². The molecule has 12 nitrogen and oxygen atoms in total. The molecule has 0 bridgehead atoms. The summed E-state index contributed by atoms with van der Waals surface area (Å²) in [6, 6.07) is 7.74. The predicted molar refractivity (Wildman–Crippen MR) is 153 cm³/mol. The number of aryl methyl sites for hydroxylation is 1. The number of aromatic nitrogens is 5. The van der Waals surface area contributed by atoms with Crippen LogP contribution in [0.5, 0.6) is 5.75 Å². The van der Waals surface area contributed by atoms with Gasteiger partial charge in [0, 0.05) is 26.4 Å². The molecule has 0 unspecified atom stereocenters. The summed E-state index contributed by atoms with van der Waals surface area (Å²) >= 11 is 6.42. The number of aliphatic hydroxyl groups excluding tert-OH is 1. The minimum atomic E-state index is -4.84. The highest BCUT2D eigenvalue weighted by Gasteiger charge is 2.36. The first-order chi connectivity index (χ1) is 20.6. The molecular weight excluding hydrogens is 612 g/mol. The minimum Gasteiger partial charge on any atom is -0.495 e. The van der Waals surface area contributed by atoms with Crippen LogP contribution in [0.25, 0.3) is 11.3 Å². The lowest BCUT2D eigenvalue weighted by Crippen LogP contribution is -2.21. The highest BCUT2D eigenvalue weighted by molar-refractivity contribution is 7.22. The van der Waals surface area contributed by atoms with Crippen LogP contribution in [-0.2, 0) is 23.4 Å². The average molecular weight is 637 g/mol. The number of carbonyl (C=O) groups is 1. The number of alkyl halides is 3. The zero-order chi connectivity index (χ0) is 31.1. The summed E-state index contributed by atoms with van der Waals surface area (Å²) < 4.78 is 59.7. The highest BCUT2D eigenvalue weighted by atomic mass is 35.5. The van der Waals surface area contributed by atoms with Crippen LogP contribution in [0.3, 0.4) is 0 Å². The van der Waals surface area contributed by atoms with Crippen LogP contribution in [0.4, 0.5) is 36.3 Å². The lowest BCUT2D eigenvalue weighted by Gasteiger charge is -2.17. The Morgan fingerprint density at radius 3 is 2.58 bits per heavy atom. The summed E-state index contributed by atoms with van der Waals surface area (Å²) in [6.07, 6.45) is -2.13. The molecule has 3 heterocycles. The van der Waals surface area contributed by atoms with Crippen LogP contribution in [0.2, 0.25) is 5.15 Å². The van der Waals surface area contributed by atoms with Gasteiger partial charge in [0.2, 0.25) is 5.95 Å². The maximum absolute atomic E-state index is 14.0. The molecule has 17 heteroatoms. The molecule has 0 aliphatic rings. The molecule has 0 spiro atoms. The van der Waals surface area contributed by atoms with E-state index in [9.17, 15) is 22.5 Å². The Labute approximate surface area is 249 Å². The fourth-order valence-corrected chi connectivity index (χ4v) is 4.54. The van der Waals surface area contributed by atoms with Crippen LogP contribution in [0.1, 0.15) is 28.0 Å². The molecule has 0 fully saturated rings. The maximum Gasteiger partial charge on any atom is 0.421 e. The van der Waals surface area contributed by atoms with E-state index < -0.39 is 23.5 Å². The lowest BCUT2D eigenvalue weighted by atomic mass is 10.1. The largest absolute Gasteiger partial charge is 0.495 e. The lowest BCUT2D eigenvalue weighted by molar-refractivity contribution is -0.137. The molecule has 1 aromatic carbocycles. The highest BCUT2D eigenvalue weighted by Crippen LogP contribution is 2.37. The zero-order valence-electron chi connectivity index (χ0n) is 22.7. The molecular formula is C26H25ClF3N8O4P. The summed E-state index contributed by atoms with van der Waals surface area (Å²) in [4.78, 5) is 25.0. The molecule has 226 valence electrons. The van der Waals surface area contributed by atoms with E-state index in [1.165, 1.54) is 37.2 Å². The summed E-state index contributed by atoms with van der Waals surface area (Å²) in [6.45, 7) is 0.282. The number of anilines is 4. The van der Waals surface area contributed by atoms with E-state index in [0.29, 0.717) is 41.7 Å². The third-order valence-corrected chi connectivity index (χ3v) is 6.92. The van der Waals surface area contributed by atoms with Gasteiger partial charge >= 0.3 is 6.18 Å². The number of hydrogen-bond acceptors (Lipinski definition) is 10. The van der Waals surface area contributed by atoms with Gasteiger partial charge in [-0.25, -0.2) is 9.97 Å². The molecule has 4 rings (SSSR count). The summed E-state index contributed by atoms with van der Waals surface area (Å²) in [5, 5.41) is 21.3. The van der Waals surface area contributed by atoms with Crippen molar-refractivity contribution in [3.63, 3.8) is 0 Å².